The smallest absolute Gasteiger partial charge is 0.337 e. The number of urea groups is 1. The summed E-state index contributed by atoms with van der Waals surface area (Å²) < 4.78 is 15.6. The summed E-state index contributed by atoms with van der Waals surface area (Å²) in [6.45, 7) is 3.91. The lowest BCUT2D eigenvalue weighted by Crippen LogP contribution is -2.45. The Balaban J connectivity index is 2.57. The molecule has 2 N–H and O–H groups in total. The third-order valence-corrected chi connectivity index (χ3v) is 3.90. The summed E-state index contributed by atoms with van der Waals surface area (Å²) in [5, 5.41) is 5.57. The molecule has 1 aliphatic heterocycles. The predicted octanol–water partition coefficient (Wildman–Crippen LogP) is 2.55. The number of carbonyl (C=O) groups excluding carboxylic acids is 2. The van der Waals surface area contributed by atoms with Gasteiger partial charge < -0.3 is 24.8 Å². The van der Waals surface area contributed by atoms with E-state index < -0.39 is 18.0 Å². The fraction of sp³-hybridized carbons (Fsp3) is 0.375. The Bertz CT molecular complexity index is 702. The lowest BCUT2D eigenvalue weighted by Gasteiger charge is -2.28. The minimum absolute atomic E-state index is 0.269. The first-order valence-corrected chi connectivity index (χ1v) is 7.67. The van der Waals surface area contributed by atoms with E-state index in [0.717, 1.165) is 0 Å². The summed E-state index contributed by atoms with van der Waals surface area (Å²) in [5.74, 6) is 0.370. The summed E-state index contributed by atoms with van der Waals surface area (Å²) >= 11 is 6.35. The first-order chi connectivity index (χ1) is 11.4. The van der Waals surface area contributed by atoms with Gasteiger partial charge in [0.15, 0.2) is 11.5 Å². The molecule has 0 saturated carbocycles. The van der Waals surface area contributed by atoms with E-state index >= 15 is 0 Å². The van der Waals surface area contributed by atoms with E-state index in [9.17, 15) is 9.59 Å². The highest BCUT2D eigenvalue weighted by molar-refractivity contribution is 6.31. The van der Waals surface area contributed by atoms with Gasteiger partial charge >= 0.3 is 12.0 Å². The maximum Gasteiger partial charge on any atom is 0.337 e. The molecular weight excluding hydrogens is 336 g/mol. The Kier molecular flexibility index (Phi) is 5.56. The first kappa shape index (κ1) is 17.9. The molecule has 0 aromatic heterocycles. The van der Waals surface area contributed by atoms with Gasteiger partial charge in [-0.15, -0.1) is 0 Å². The van der Waals surface area contributed by atoms with Crippen LogP contribution in [-0.2, 0) is 9.53 Å². The monoisotopic (exact) mass is 354 g/mol. The number of nitrogens with one attached hydrogen (secondary N) is 2. The Hall–Kier alpha value is -2.41. The van der Waals surface area contributed by atoms with Crippen LogP contribution in [0.25, 0.3) is 0 Å². The van der Waals surface area contributed by atoms with Crippen LogP contribution < -0.4 is 20.1 Å². The summed E-state index contributed by atoms with van der Waals surface area (Å²) in [5.41, 5.74) is 1.18. The van der Waals surface area contributed by atoms with Crippen molar-refractivity contribution in [3.63, 3.8) is 0 Å². The summed E-state index contributed by atoms with van der Waals surface area (Å²) in [6.07, 6.45) is 0. The van der Waals surface area contributed by atoms with Crippen molar-refractivity contribution in [1.29, 1.82) is 0 Å². The number of esters is 1. The second kappa shape index (κ2) is 7.44. The first-order valence-electron chi connectivity index (χ1n) is 7.29. The molecule has 130 valence electrons. The number of amides is 2. The maximum atomic E-state index is 12.1. The molecule has 7 nitrogen and oxygen atoms in total. The number of benzene rings is 1. The van der Waals surface area contributed by atoms with Crippen LogP contribution in [0.3, 0.4) is 0 Å². The summed E-state index contributed by atoms with van der Waals surface area (Å²) in [6, 6.07) is 2.04. The second-order valence-corrected chi connectivity index (χ2v) is 5.43. The van der Waals surface area contributed by atoms with E-state index in [0.29, 0.717) is 34.4 Å². The third-order valence-electron chi connectivity index (χ3n) is 3.57. The van der Waals surface area contributed by atoms with E-state index in [4.69, 9.17) is 25.8 Å². The zero-order chi connectivity index (χ0) is 17.9. The van der Waals surface area contributed by atoms with Crippen LogP contribution in [0.1, 0.15) is 25.5 Å². The van der Waals surface area contributed by atoms with Gasteiger partial charge in [-0.3, -0.25) is 0 Å². The molecule has 1 aromatic carbocycles. The minimum atomic E-state index is -0.761. The summed E-state index contributed by atoms with van der Waals surface area (Å²) in [4.78, 5) is 24.0. The maximum absolute atomic E-state index is 12.1. The van der Waals surface area contributed by atoms with Crippen molar-refractivity contribution in [3.8, 4) is 11.5 Å². The van der Waals surface area contributed by atoms with Crippen LogP contribution in [0.2, 0.25) is 5.02 Å². The largest absolute Gasteiger partial charge is 0.493 e. The Morgan fingerprint density at radius 2 is 2.00 bits per heavy atom. The molecule has 2 rings (SSSR count). The molecule has 0 bridgehead atoms. The van der Waals surface area contributed by atoms with Gasteiger partial charge in [-0.2, -0.15) is 0 Å². The van der Waals surface area contributed by atoms with Gasteiger partial charge in [0.1, 0.15) is 0 Å². The highest BCUT2D eigenvalue weighted by atomic mass is 35.5. The number of hydrogen-bond acceptors (Lipinski definition) is 5. The van der Waals surface area contributed by atoms with Crippen molar-refractivity contribution in [2.75, 3.05) is 20.8 Å². The van der Waals surface area contributed by atoms with E-state index in [1.165, 1.54) is 14.2 Å². The number of allylic oxidation sites excluding steroid dienone is 1. The number of rotatable bonds is 5. The lowest BCUT2D eigenvalue weighted by molar-refractivity contribution is -0.136. The molecule has 24 heavy (non-hydrogen) atoms. The second-order valence-electron chi connectivity index (χ2n) is 5.02. The molecule has 0 spiro atoms. The topological polar surface area (TPSA) is 85.9 Å². The molecular formula is C16H19ClN2O5. The molecule has 1 heterocycles. The Labute approximate surface area is 144 Å². The molecule has 2 amide bonds. The Morgan fingerprint density at radius 3 is 2.58 bits per heavy atom. The van der Waals surface area contributed by atoms with E-state index in [2.05, 4.69) is 10.6 Å². The number of carbonyl (C=O) groups is 2. The molecule has 1 aromatic rings. The fourth-order valence-electron chi connectivity index (χ4n) is 2.51. The molecule has 8 heteroatoms. The van der Waals surface area contributed by atoms with E-state index in [1.807, 2.05) is 6.92 Å². The quantitative estimate of drug-likeness (QED) is 0.794. The number of halogens is 1. The van der Waals surface area contributed by atoms with E-state index in [1.54, 1.807) is 19.1 Å². The van der Waals surface area contributed by atoms with Crippen LogP contribution in [0.5, 0.6) is 11.5 Å². The molecule has 1 aliphatic rings. The molecule has 0 radical (unpaired) electrons. The van der Waals surface area contributed by atoms with Crippen molar-refractivity contribution < 1.29 is 23.8 Å². The average Bonchev–Trinajstić information content (AvgIpc) is 2.54. The van der Waals surface area contributed by atoms with Gasteiger partial charge in [-0.25, -0.2) is 9.59 Å². The predicted molar refractivity (Wildman–Crippen MR) is 88.3 cm³/mol. The fourth-order valence-corrected chi connectivity index (χ4v) is 2.77. The molecule has 0 saturated heterocycles. The molecule has 0 aliphatic carbocycles. The van der Waals surface area contributed by atoms with Crippen molar-refractivity contribution in [2.24, 2.45) is 0 Å². The Morgan fingerprint density at radius 1 is 1.29 bits per heavy atom. The highest BCUT2D eigenvalue weighted by Gasteiger charge is 2.33. The third kappa shape index (κ3) is 3.41. The standard InChI is InChI=1S/C16H19ClN2O5/c1-5-24-12-7-10(17)9(6-11(12)22-3)14-13(15(20)23-4)8(2)18-16(21)19-14/h6-7,14H,5H2,1-4H3,(H2,18,19,21)/t14-/m0/s1. The molecule has 0 unspecified atom stereocenters. The number of methoxy groups -OCH3 is 2. The van der Waals surface area contributed by atoms with Crippen LogP contribution in [0, 0.1) is 0 Å². The molecule has 0 fully saturated rings. The highest BCUT2D eigenvalue weighted by Crippen LogP contribution is 2.39. The van der Waals surface area contributed by atoms with Gasteiger partial charge in [0.2, 0.25) is 0 Å². The van der Waals surface area contributed by atoms with Gasteiger partial charge in [-0.05, 0) is 19.9 Å². The van der Waals surface area contributed by atoms with Crippen molar-refractivity contribution in [2.45, 2.75) is 19.9 Å². The van der Waals surface area contributed by atoms with Gasteiger partial charge in [-0.1, -0.05) is 11.6 Å². The number of hydrogen-bond donors (Lipinski definition) is 2. The van der Waals surface area contributed by atoms with Gasteiger partial charge in [0.05, 0.1) is 37.5 Å². The number of ether oxygens (including phenoxy) is 3. The normalized spacial score (nSPS) is 17.0. The zero-order valence-electron chi connectivity index (χ0n) is 13.9. The van der Waals surface area contributed by atoms with E-state index in [-0.39, 0.29) is 5.57 Å². The van der Waals surface area contributed by atoms with Crippen LogP contribution >= 0.6 is 11.6 Å². The average molecular weight is 355 g/mol. The van der Waals surface area contributed by atoms with Gasteiger partial charge in [0, 0.05) is 17.3 Å². The van der Waals surface area contributed by atoms with Gasteiger partial charge in [0.25, 0.3) is 0 Å². The molecule has 1 atom stereocenters. The SMILES string of the molecule is CCOc1cc(Cl)c([C@@H]2NC(=O)NC(C)=C2C(=O)OC)cc1OC. The van der Waals surface area contributed by atoms with Crippen LogP contribution in [-0.4, -0.2) is 32.8 Å². The zero-order valence-corrected chi connectivity index (χ0v) is 14.6. The van der Waals surface area contributed by atoms with Crippen molar-refractivity contribution in [3.05, 3.63) is 34.0 Å². The lowest BCUT2D eigenvalue weighted by atomic mass is 9.95. The van der Waals surface area contributed by atoms with Crippen LogP contribution in [0.4, 0.5) is 4.79 Å². The minimum Gasteiger partial charge on any atom is -0.493 e. The summed E-state index contributed by atoms with van der Waals surface area (Å²) in [7, 11) is 2.77. The van der Waals surface area contributed by atoms with Crippen LogP contribution in [0.15, 0.2) is 23.4 Å². The van der Waals surface area contributed by atoms with Crippen molar-refractivity contribution in [1.82, 2.24) is 10.6 Å². The van der Waals surface area contributed by atoms with Crippen molar-refractivity contribution >= 4 is 23.6 Å².